The summed E-state index contributed by atoms with van der Waals surface area (Å²) in [5.41, 5.74) is 14.1. The molecule has 2 nitrogen and oxygen atoms in total. The smallest absolute Gasteiger partial charge is 0.0619 e. The predicted octanol–water partition coefficient (Wildman–Crippen LogP) is 17.9. The number of benzene rings is 12. The number of hydrogen-bond donors (Lipinski definition) is 0. The molecule has 0 fully saturated rings. The predicted molar refractivity (Wildman–Crippen MR) is 282 cm³/mol. The van der Waals surface area contributed by atoms with Crippen LogP contribution < -0.4 is 4.90 Å². The van der Waals surface area contributed by atoms with Crippen molar-refractivity contribution in [3.8, 4) is 39.1 Å². The largest absolute Gasteiger partial charge is 0.310 e. The summed E-state index contributed by atoms with van der Waals surface area (Å²) in [6.45, 7) is 0. The third kappa shape index (κ3) is 6.18. The molecule has 0 saturated carbocycles. The van der Waals surface area contributed by atoms with Gasteiger partial charge in [-0.2, -0.15) is 0 Å². The van der Waals surface area contributed by atoms with E-state index in [0.29, 0.717) is 0 Å². The Morgan fingerprint density at radius 1 is 0.258 bits per heavy atom. The van der Waals surface area contributed by atoms with Gasteiger partial charge in [-0.05, 0) is 126 Å². The van der Waals surface area contributed by atoms with Gasteiger partial charge in [-0.3, -0.25) is 0 Å². The summed E-state index contributed by atoms with van der Waals surface area (Å²) in [4.78, 5) is 2.39. The van der Waals surface area contributed by atoms with Crippen LogP contribution in [0.15, 0.2) is 255 Å². The van der Waals surface area contributed by atoms with E-state index in [0.717, 1.165) is 22.7 Å². The van der Waals surface area contributed by atoms with Gasteiger partial charge >= 0.3 is 0 Å². The van der Waals surface area contributed by atoms with Crippen molar-refractivity contribution >= 4 is 82.0 Å². The first-order valence-corrected chi connectivity index (χ1v) is 22.8. The van der Waals surface area contributed by atoms with Crippen LogP contribution in [0.3, 0.4) is 0 Å². The lowest BCUT2D eigenvalue weighted by atomic mass is 9.85. The van der Waals surface area contributed by atoms with Crippen LogP contribution in [0, 0.1) is 0 Å². The van der Waals surface area contributed by atoms with Gasteiger partial charge in [-0.15, -0.1) is 0 Å². The van der Waals surface area contributed by atoms with Crippen molar-refractivity contribution in [2.45, 2.75) is 0 Å². The Labute approximate surface area is 383 Å². The minimum Gasteiger partial charge on any atom is -0.310 e. The molecule has 0 aliphatic rings. The van der Waals surface area contributed by atoms with Crippen LogP contribution in [0.1, 0.15) is 0 Å². The molecule has 308 valence electrons. The van der Waals surface area contributed by atoms with Crippen molar-refractivity contribution in [2.24, 2.45) is 0 Å². The molecule has 0 N–H and O–H groups in total. The van der Waals surface area contributed by atoms with Crippen LogP contribution in [-0.4, -0.2) is 4.57 Å². The van der Waals surface area contributed by atoms with Gasteiger partial charge in [0.15, 0.2) is 0 Å². The number of fused-ring (bicyclic) bond motifs is 9. The van der Waals surface area contributed by atoms with E-state index in [1.165, 1.54) is 98.3 Å². The zero-order valence-corrected chi connectivity index (χ0v) is 36.1. The highest BCUT2D eigenvalue weighted by molar-refractivity contribution is 6.22. The second kappa shape index (κ2) is 15.5. The normalized spacial score (nSPS) is 11.6. The zero-order chi connectivity index (χ0) is 43.6. The molecule has 66 heavy (non-hydrogen) atoms. The molecule has 0 bridgehead atoms. The molecule has 13 aromatic rings. The van der Waals surface area contributed by atoms with Gasteiger partial charge < -0.3 is 9.47 Å². The van der Waals surface area contributed by atoms with Crippen molar-refractivity contribution in [1.82, 2.24) is 4.57 Å². The molecular weight excluding hydrogens is 797 g/mol. The SMILES string of the molecule is c1ccc(-c2c(-c3ccc(N(c4ccc(-c5ccc6c7ccc8ccccc8c7n(-c7ccccc7)c6c5)cc4)c4ccc5ccccc5c4)cc3)c3ccccc3c3ccccc23)cc1. The maximum Gasteiger partial charge on any atom is 0.0619 e. The van der Waals surface area contributed by atoms with Gasteiger partial charge in [0.2, 0.25) is 0 Å². The number of hydrogen-bond acceptors (Lipinski definition) is 1. The van der Waals surface area contributed by atoms with E-state index in [2.05, 4.69) is 264 Å². The third-order valence-corrected chi connectivity index (χ3v) is 13.5. The topological polar surface area (TPSA) is 8.17 Å². The first-order chi connectivity index (χ1) is 32.7. The summed E-state index contributed by atoms with van der Waals surface area (Å²) in [7, 11) is 0. The van der Waals surface area contributed by atoms with Crippen molar-refractivity contribution in [3.63, 3.8) is 0 Å². The van der Waals surface area contributed by atoms with Crippen LogP contribution in [-0.2, 0) is 0 Å². The summed E-state index contributed by atoms with van der Waals surface area (Å²) in [5.74, 6) is 0. The van der Waals surface area contributed by atoms with E-state index in [1.807, 2.05) is 0 Å². The lowest BCUT2D eigenvalue weighted by Crippen LogP contribution is -2.09. The number of anilines is 3. The minimum absolute atomic E-state index is 1.09. The molecule has 0 unspecified atom stereocenters. The number of para-hydroxylation sites is 1. The Hall–Kier alpha value is -8.72. The van der Waals surface area contributed by atoms with E-state index < -0.39 is 0 Å². The summed E-state index contributed by atoms with van der Waals surface area (Å²) in [6.07, 6.45) is 0. The number of nitrogens with zero attached hydrogens (tertiary/aromatic N) is 2. The maximum absolute atomic E-state index is 2.44. The fraction of sp³-hybridized carbons (Fsp3) is 0. The van der Waals surface area contributed by atoms with Gasteiger partial charge in [0.25, 0.3) is 0 Å². The summed E-state index contributed by atoms with van der Waals surface area (Å²) in [6, 6.07) is 93.2. The van der Waals surface area contributed by atoms with Crippen LogP contribution in [0.25, 0.3) is 104 Å². The van der Waals surface area contributed by atoms with Crippen LogP contribution in [0.2, 0.25) is 0 Å². The summed E-state index contributed by atoms with van der Waals surface area (Å²) >= 11 is 0. The molecular formula is C64H42N2. The van der Waals surface area contributed by atoms with E-state index in [9.17, 15) is 0 Å². The van der Waals surface area contributed by atoms with E-state index in [4.69, 9.17) is 0 Å². The maximum atomic E-state index is 2.44. The Morgan fingerprint density at radius 2 is 0.727 bits per heavy atom. The van der Waals surface area contributed by atoms with Gasteiger partial charge in [0.05, 0.1) is 11.0 Å². The zero-order valence-electron chi connectivity index (χ0n) is 36.1. The Morgan fingerprint density at radius 3 is 1.39 bits per heavy atom. The molecule has 0 aliphatic heterocycles. The van der Waals surface area contributed by atoms with Gasteiger partial charge in [0.1, 0.15) is 0 Å². The molecule has 12 aromatic carbocycles. The standard InChI is InChI=1S/C64H42N2/c1-3-17-46(18-4-1)62-58-25-13-11-23-55(58)56-24-12-14-26-59(56)63(62)47-30-36-52(37-31-47)65(53-38-29-43-15-7-8-19-48(43)41-53)51-34-27-44(28-35-51)49-33-39-57-60-40-32-45-16-9-10-22-54(45)64(60)66(61(57)42-49)50-20-5-2-6-21-50/h1-42H. The fourth-order valence-electron chi connectivity index (χ4n) is 10.5. The van der Waals surface area contributed by atoms with Crippen molar-refractivity contribution in [1.29, 1.82) is 0 Å². The highest BCUT2D eigenvalue weighted by Crippen LogP contribution is 2.46. The Bertz CT molecular complexity index is 3960. The molecule has 1 aromatic heterocycles. The van der Waals surface area contributed by atoms with E-state index in [-0.39, 0.29) is 0 Å². The van der Waals surface area contributed by atoms with Crippen LogP contribution in [0.4, 0.5) is 17.1 Å². The Kier molecular flexibility index (Phi) is 8.89. The van der Waals surface area contributed by atoms with E-state index in [1.54, 1.807) is 0 Å². The second-order valence-electron chi connectivity index (χ2n) is 17.3. The average Bonchev–Trinajstić information content (AvgIpc) is 3.73. The number of aromatic nitrogens is 1. The summed E-state index contributed by atoms with van der Waals surface area (Å²) in [5, 5.41) is 12.5. The highest BCUT2D eigenvalue weighted by atomic mass is 15.1. The fourth-order valence-corrected chi connectivity index (χ4v) is 10.5. The first-order valence-electron chi connectivity index (χ1n) is 22.8. The van der Waals surface area contributed by atoms with Crippen molar-refractivity contribution in [2.75, 3.05) is 4.90 Å². The highest BCUT2D eigenvalue weighted by Gasteiger charge is 2.20. The van der Waals surface area contributed by atoms with E-state index >= 15 is 0 Å². The molecule has 0 saturated heterocycles. The minimum atomic E-state index is 1.09. The molecule has 0 radical (unpaired) electrons. The second-order valence-corrected chi connectivity index (χ2v) is 17.3. The molecule has 1 heterocycles. The van der Waals surface area contributed by atoms with Crippen LogP contribution >= 0.6 is 0 Å². The quantitative estimate of drug-likeness (QED) is 0.145. The summed E-state index contributed by atoms with van der Waals surface area (Å²) < 4.78 is 2.44. The molecule has 0 atom stereocenters. The monoisotopic (exact) mass is 838 g/mol. The van der Waals surface area contributed by atoms with Crippen molar-refractivity contribution < 1.29 is 0 Å². The van der Waals surface area contributed by atoms with Crippen LogP contribution in [0.5, 0.6) is 0 Å². The van der Waals surface area contributed by atoms with Gasteiger partial charge in [-0.25, -0.2) is 0 Å². The molecule has 13 rings (SSSR count). The number of rotatable bonds is 7. The third-order valence-electron chi connectivity index (χ3n) is 13.5. The van der Waals surface area contributed by atoms with Gasteiger partial charge in [0, 0.05) is 38.9 Å². The Balaban J connectivity index is 0.947. The van der Waals surface area contributed by atoms with Crippen molar-refractivity contribution in [3.05, 3.63) is 255 Å². The molecule has 2 heteroatoms. The molecule has 0 spiro atoms. The molecule has 0 amide bonds. The molecule has 0 aliphatic carbocycles. The first kappa shape index (κ1) is 37.8. The lowest BCUT2D eigenvalue weighted by Gasteiger charge is -2.26. The van der Waals surface area contributed by atoms with Gasteiger partial charge in [-0.1, -0.05) is 200 Å². The average molecular weight is 839 g/mol. The lowest BCUT2D eigenvalue weighted by molar-refractivity contribution is 1.19.